The van der Waals surface area contributed by atoms with Gasteiger partial charge in [-0.05, 0) is 35.9 Å². The van der Waals surface area contributed by atoms with Gasteiger partial charge in [-0.3, -0.25) is 4.79 Å². The van der Waals surface area contributed by atoms with E-state index in [1.54, 1.807) is 37.0 Å². The summed E-state index contributed by atoms with van der Waals surface area (Å²) in [4.78, 5) is 16.0. The molecule has 0 saturated heterocycles. The predicted molar refractivity (Wildman–Crippen MR) is 110 cm³/mol. The molecule has 1 amide bonds. The van der Waals surface area contributed by atoms with Gasteiger partial charge in [0.25, 0.3) is 5.91 Å². The van der Waals surface area contributed by atoms with E-state index in [4.69, 9.17) is 0 Å². The van der Waals surface area contributed by atoms with Crippen molar-refractivity contribution in [3.05, 3.63) is 72.1 Å². The van der Waals surface area contributed by atoms with Gasteiger partial charge in [0.15, 0.2) is 0 Å². The number of nitrogens with one attached hydrogen (secondary N) is 1. The summed E-state index contributed by atoms with van der Waals surface area (Å²) in [5.74, 6) is -1.43. The number of amides is 1. The minimum atomic E-state index is -4.03. The number of nitrogens with zero attached hydrogens (tertiary/aromatic N) is 4. The van der Waals surface area contributed by atoms with Crippen molar-refractivity contribution in [3.63, 3.8) is 0 Å². The molecule has 0 fully saturated rings. The molecule has 8 nitrogen and oxygen atoms in total. The number of carbonyl (C=O) groups excluding carboxylic acids is 1. The fraction of sp³-hybridized carbons (Fsp3) is 0.250. The van der Waals surface area contributed by atoms with Gasteiger partial charge in [0, 0.05) is 24.3 Å². The van der Waals surface area contributed by atoms with Crippen molar-refractivity contribution in [2.45, 2.75) is 25.3 Å². The highest BCUT2D eigenvalue weighted by Crippen LogP contribution is 2.21. The molecule has 1 N–H and O–H groups in total. The maximum absolute atomic E-state index is 14.2. The molecule has 0 spiro atoms. The van der Waals surface area contributed by atoms with E-state index in [1.807, 2.05) is 12.1 Å². The predicted octanol–water partition coefficient (Wildman–Crippen LogP) is 2.75. The number of halogens is 1. The number of aromatic nitrogens is 3. The van der Waals surface area contributed by atoms with E-state index in [0.29, 0.717) is 12.2 Å². The van der Waals surface area contributed by atoms with Gasteiger partial charge in [-0.1, -0.05) is 26.0 Å². The van der Waals surface area contributed by atoms with Crippen LogP contribution in [-0.4, -0.2) is 46.5 Å². The fourth-order valence-electron chi connectivity index (χ4n) is 2.94. The molecule has 10 heteroatoms. The van der Waals surface area contributed by atoms with Crippen LogP contribution >= 0.6 is 0 Å². The molecular weight excluding hydrogens is 409 g/mol. The first-order valence-corrected chi connectivity index (χ1v) is 10.8. The Morgan fingerprint density at radius 1 is 1.13 bits per heavy atom. The Bertz CT molecular complexity index is 1110. The summed E-state index contributed by atoms with van der Waals surface area (Å²) >= 11 is 0. The molecule has 3 rings (SSSR count). The van der Waals surface area contributed by atoms with E-state index >= 15 is 0 Å². The lowest BCUT2D eigenvalue weighted by Crippen LogP contribution is -2.31. The number of rotatable bonds is 8. The molecule has 3 aromatic rings. The normalized spacial score (nSPS) is 11.6. The summed E-state index contributed by atoms with van der Waals surface area (Å²) < 4.78 is 42.4. The van der Waals surface area contributed by atoms with Crippen molar-refractivity contribution in [2.24, 2.45) is 0 Å². The zero-order chi connectivity index (χ0) is 21.7. The van der Waals surface area contributed by atoms with Crippen molar-refractivity contribution in [1.82, 2.24) is 19.1 Å². The van der Waals surface area contributed by atoms with Gasteiger partial charge in [0.2, 0.25) is 10.0 Å². The van der Waals surface area contributed by atoms with Crippen LogP contribution in [0.5, 0.6) is 0 Å². The second-order valence-corrected chi connectivity index (χ2v) is 8.38. The first-order valence-electron chi connectivity index (χ1n) is 9.37. The summed E-state index contributed by atoms with van der Waals surface area (Å²) in [6.07, 6.45) is 3.06. The summed E-state index contributed by atoms with van der Waals surface area (Å²) in [6, 6.07) is 10.4. The summed E-state index contributed by atoms with van der Waals surface area (Å²) in [5.41, 5.74) is 1.54. The van der Waals surface area contributed by atoms with Crippen molar-refractivity contribution < 1.29 is 17.6 Å². The van der Waals surface area contributed by atoms with Gasteiger partial charge in [-0.15, -0.1) is 0 Å². The lowest BCUT2D eigenvalue weighted by Gasteiger charge is -2.19. The number of hydrogen-bond acceptors (Lipinski definition) is 5. The highest BCUT2D eigenvalue weighted by molar-refractivity contribution is 7.89. The number of anilines is 1. The summed E-state index contributed by atoms with van der Waals surface area (Å²) in [7, 11) is -4.03. The van der Waals surface area contributed by atoms with E-state index in [0.717, 1.165) is 22.0 Å². The first-order chi connectivity index (χ1) is 14.3. The fourth-order valence-corrected chi connectivity index (χ4v) is 4.49. The molecule has 0 atom stereocenters. The van der Waals surface area contributed by atoms with Gasteiger partial charge >= 0.3 is 0 Å². The van der Waals surface area contributed by atoms with Gasteiger partial charge in [0.1, 0.15) is 23.4 Å². The molecule has 0 aliphatic heterocycles. The van der Waals surface area contributed by atoms with E-state index in [-0.39, 0.29) is 18.7 Å². The van der Waals surface area contributed by atoms with E-state index < -0.39 is 26.6 Å². The maximum atomic E-state index is 14.2. The van der Waals surface area contributed by atoms with Crippen LogP contribution in [0.3, 0.4) is 0 Å². The molecule has 158 valence electrons. The topological polar surface area (TPSA) is 97.2 Å². The number of benzene rings is 2. The van der Waals surface area contributed by atoms with E-state index in [9.17, 15) is 17.6 Å². The second kappa shape index (κ2) is 9.14. The molecule has 0 bridgehead atoms. The Hall–Kier alpha value is -3.11. The molecule has 0 saturated carbocycles. The van der Waals surface area contributed by atoms with Crippen molar-refractivity contribution >= 4 is 21.6 Å². The molecule has 30 heavy (non-hydrogen) atoms. The highest BCUT2D eigenvalue weighted by Gasteiger charge is 2.26. The average molecular weight is 431 g/mol. The molecule has 0 unspecified atom stereocenters. The smallest absolute Gasteiger partial charge is 0.255 e. The van der Waals surface area contributed by atoms with Crippen LogP contribution in [0, 0.1) is 5.82 Å². The van der Waals surface area contributed by atoms with E-state index in [1.165, 1.54) is 12.4 Å². The average Bonchev–Trinajstić information content (AvgIpc) is 3.23. The number of carbonyl (C=O) groups is 1. The third-order valence-electron chi connectivity index (χ3n) is 4.54. The van der Waals surface area contributed by atoms with Crippen molar-refractivity contribution in [2.75, 3.05) is 18.4 Å². The van der Waals surface area contributed by atoms with Gasteiger partial charge < -0.3 is 5.32 Å². The Morgan fingerprint density at radius 2 is 1.83 bits per heavy atom. The van der Waals surface area contributed by atoms with Gasteiger partial charge in [0.05, 0.1) is 6.54 Å². The van der Waals surface area contributed by atoms with Crippen LogP contribution in [-0.2, 0) is 16.6 Å². The lowest BCUT2D eigenvalue weighted by molar-refractivity contribution is 0.102. The monoisotopic (exact) mass is 431 g/mol. The molecule has 0 radical (unpaired) electrons. The Labute approximate surface area is 174 Å². The van der Waals surface area contributed by atoms with Crippen LogP contribution in [0.25, 0.3) is 0 Å². The quantitative estimate of drug-likeness (QED) is 0.592. The van der Waals surface area contributed by atoms with Gasteiger partial charge in [-0.2, -0.15) is 9.40 Å². The van der Waals surface area contributed by atoms with Gasteiger partial charge in [-0.25, -0.2) is 22.5 Å². The molecule has 1 aromatic heterocycles. The SMILES string of the molecule is CCN(CC)S(=O)(=O)c1cc(C(=O)Nc2ccc(Cn3cncn3)cc2)ccc1F. The molecular formula is C20H22FN5O3S. The van der Waals surface area contributed by atoms with Crippen molar-refractivity contribution in [1.29, 1.82) is 0 Å². The zero-order valence-electron chi connectivity index (χ0n) is 16.6. The highest BCUT2D eigenvalue weighted by atomic mass is 32.2. The van der Waals surface area contributed by atoms with Crippen LogP contribution < -0.4 is 5.32 Å². The molecule has 0 aliphatic carbocycles. The number of sulfonamides is 1. The van der Waals surface area contributed by atoms with Crippen LogP contribution in [0.15, 0.2) is 60.0 Å². The summed E-state index contributed by atoms with van der Waals surface area (Å²) in [5, 5.41) is 6.73. The van der Waals surface area contributed by atoms with Crippen molar-refractivity contribution in [3.8, 4) is 0 Å². The van der Waals surface area contributed by atoms with Crippen LogP contribution in [0.1, 0.15) is 29.8 Å². The zero-order valence-corrected chi connectivity index (χ0v) is 17.4. The van der Waals surface area contributed by atoms with E-state index in [2.05, 4.69) is 15.4 Å². The maximum Gasteiger partial charge on any atom is 0.255 e. The number of hydrogen-bond donors (Lipinski definition) is 1. The first kappa shape index (κ1) is 21.6. The standard InChI is InChI=1S/C20H22FN5O3S/c1-3-26(4-2)30(28,29)19-11-16(7-10-18(19)21)20(27)24-17-8-5-15(6-9-17)12-25-14-22-13-23-25/h5-11,13-14H,3-4,12H2,1-2H3,(H,24,27). The third kappa shape index (κ3) is 4.71. The Balaban J connectivity index is 1.77. The van der Waals surface area contributed by atoms with Crippen LogP contribution in [0.2, 0.25) is 0 Å². The minimum absolute atomic E-state index is 0.0498. The van der Waals surface area contributed by atoms with Crippen LogP contribution in [0.4, 0.5) is 10.1 Å². The largest absolute Gasteiger partial charge is 0.322 e. The molecule has 0 aliphatic rings. The molecule has 1 heterocycles. The second-order valence-electron chi connectivity index (χ2n) is 6.48. The Kier molecular flexibility index (Phi) is 6.58. The Morgan fingerprint density at radius 3 is 2.43 bits per heavy atom. The minimum Gasteiger partial charge on any atom is -0.322 e. The third-order valence-corrected chi connectivity index (χ3v) is 6.60. The summed E-state index contributed by atoms with van der Waals surface area (Å²) in [6.45, 7) is 4.29. The lowest BCUT2D eigenvalue weighted by atomic mass is 10.1. The molecule has 2 aromatic carbocycles.